The minimum Gasteiger partial charge on any atom is -0.390 e. The van der Waals surface area contributed by atoms with Crippen LogP contribution in [0.1, 0.15) is 37.7 Å². The number of benzene rings is 1. The fourth-order valence-corrected chi connectivity index (χ4v) is 7.27. The maximum atomic E-state index is 13.9. The van der Waals surface area contributed by atoms with E-state index >= 15 is 0 Å². The third-order valence-electron chi connectivity index (χ3n) is 8.45. The molecule has 190 valence electrons. The molecule has 4 aromatic rings. The van der Waals surface area contributed by atoms with Gasteiger partial charge in [-0.1, -0.05) is 11.6 Å². The van der Waals surface area contributed by atoms with Gasteiger partial charge in [-0.05, 0) is 68.1 Å². The average Bonchev–Trinajstić information content (AvgIpc) is 3.52. The lowest BCUT2D eigenvalue weighted by Gasteiger charge is -2.58. The third-order valence-corrected chi connectivity index (χ3v) is 8.77. The van der Waals surface area contributed by atoms with E-state index in [1.54, 1.807) is 12.4 Å². The summed E-state index contributed by atoms with van der Waals surface area (Å²) in [6.07, 6.45) is 12.0. The number of nitrogens with two attached hydrogens (primary N) is 1. The fourth-order valence-electron chi connectivity index (χ4n) is 7.11. The number of nitrogens with one attached hydrogen (secondary N) is 2. The first-order chi connectivity index (χ1) is 17.8. The Morgan fingerprint density at radius 2 is 2.00 bits per heavy atom. The molecule has 4 aliphatic carbocycles. The zero-order chi connectivity index (χ0) is 25.3. The van der Waals surface area contributed by atoms with Crippen LogP contribution in [0.25, 0.3) is 16.6 Å². The quantitative estimate of drug-likeness (QED) is 0.221. The molecule has 1 aromatic carbocycles. The molecule has 3 heterocycles. The number of H-pyrrole nitrogens is 1. The Bertz CT molecular complexity index is 1520. The number of aliphatic imine (C=N–C) groups is 1. The van der Waals surface area contributed by atoms with Gasteiger partial charge in [0.05, 0.1) is 45.5 Å². The second kappa shape index (κ2) is 8.29. The van der Waals surface area contributed by atoms with Crippen molar-refractivity contribution in [1.82, 2.24) is 19.8 Å². The molecule has 10 heteroatoms. The highest BCUT2D eigenvalue weighted by molar-refractivity contribution is 6.33. The van der Waals surface area contributed by atoms with Crippen molar-refractivity contribution in [2.45, 2.75) is 43.7 Å². The first kappa shape index (κ1) is 22.7. The van der Waals surface area contributed by atoms with Gasteiger partial charge in [-0.15, -0.1) is 0 Å². The molecule has 4 bridgehead atoms. The molecule has 3 aromatic heterocycles. The Labute approximate surface area is 217 Å². The van der Waals surface area contributed by atoms with E-state index in [1.807, 2.05) is 16.9 Å². The van der Waals surface area contributed by atoms with Crippen molar-refractivity contribution in [3.8, 4) is 11.1 Å². The zero-order valence-corrected chi connectivity index (χ0v) is 20.8. The number of amidine groups is 1. The van der Waals surface area contributed by atoms with Crippen LogP contribution in [-0.2, 0) is 0 Å². The molecule has 8 nitrogen and oxygen atoms in total. The summed E-state index contributed by atoms with van der Waals surface area (Å²) in [5, 5.41) is 26.8. The van der Waals surface area contributed by atoms with Gasteiger partial charge in [0, 0.05) is 35.6 Å². The van der Waals surface area contributed by atoms with Gasteiger partial charge >= 0.3 is 0 Å². The van der Waals surface area contributed by atoms with Gasteiger partial charge in [-0.2, -0.15) is 10.2 Å². The largest absolute Gasteiger partial charge is 0.390 e. The number of aromatic amines is 1. The van der Waals surface area contributed by atoms with Crippen LogP contribution in [0.3, 0.4) is 0 Å². The number of halogens is 2. The molecular formula is C27H27ClFN7O. The summed E-state index contributed by atoms with van der Waals surface area (Å²) in [4.78, 5) is 4.49. The van der Waals surface area contributed by atoms with Crippen LogP contribution in [-0.4, -0.2) is 42.4 Å². The minimum atomic E-state index is -0.525. The minimum absolute atomic E-state index is 0.193. The van der Waals surface area contributed by atoms with Crippen molar-refractivity contribution in [3.63, 3.8) is 0 Å². The predicted molar refractivity (Wildman–Crippen MR) is 140 cm³/mol. The molecule has 0 spiro atoms. The van der Waals surface area contributed by atoms with Gasteiger partial charge in [0.2, 0.25) is 0 Å². The number of rotatable bonds is 5. The molecule has 8 rings (SSSR count). The van der Waals surface area contributed by atoms with E-state index in [4.69, 9.17) is 17.3 Å². The van der Waals surface area contributed by atoms with Crippen molar-refractivity contribution in [2.75, 3.05) is 5.32 Å². The molecule has 4 fully saturated rings. The summed E-state index contributed by atoms with van der Waals surface area (Å²) in [6.45, 7) is 0. The Balaban J connectivity index is 1.34. The maximum Gasteiger partial charge on any atom is 0.135 e. The van der Waals surface area contributed by atoms with Crippen LogP contribution in [0.15, 0.2) is 54.0 Å². The molecule has 2 unspecified atom stereocenters. The summed E-state index contributed by atoms with van der Waals surface area (Å²) < 4.78 is 15.7. The summed E-state index contributed by atoms with van der Waals surface area (Å²) in [6, 6.07) is 6.28. The molecule has 0 radical (unpaired) electrons. The molecule has 4 saturated carbocycles. The number of anilines is 1. The van der Waals surface area contributed by atoms with Gasteiger partial charge in [0.15, 0.2) is 0 Å². The van der Waals surface area contributed by atoms with Crippen LogP contribution in [0.2, 0.25) is 5.02 Å². The first-order valence-corrected chi connectivity index (χ1v) is 13.0. The molecule has 0 aliphatic heterocycles. The van der Waals surface area contributed by atoms with E-state index in [9.17, 15) is 9.50 Å². The van der Waals surface area contributed by atoms with E-state index in [1.165, 1.54) is 18.2 Å². The van der Waals surface area contributed by atoms with Crippen LogP contribution >= 0.6 is 11.6 Å². The topological polar surface area (TPSA) is 117 Å². The van der Waals surface area contributed by atoms with Crippen LogP contribution in [0.5, 0.6) is 0 Å². The van der Waals surface area contributed by atoms with Crippen molar-refractivity contribution < 1.29 is 9.50 Å². The van der Waals surface area contributed by atoms with E-state index in [0.29, 0.717) is 28.3 Å². The normalized spacial score (nSPS) is 28.8. The highest BCUT2D eigenvalue weighted by Gasteiger charge is 2.54. The smallest absolute Gasteiger partial charge is 0.135 e. The summed E-state index contributed by atoms with van der Waals surface area (Å²) >= 11 is 6.28. The number of hydrogen-bond acceptors (Lipinski definition) is 5. The number of hydrogen-bond donors (Lipinski definition) is 4. The van der Waals surface area contributed by atoms with E-state index in [2.05, 4.69) is 31.7 Å². The number of aliphatic hydroxyl groups is 1. The predicted octanol–water partition coefficient (Wildman–Crippen LogP) is 4.91. The highest BCUT2D eigenvalue weighted by Crippen LogP contribution is 2.56. The van der Waals surface area contributed by atoms with Gasteiger partial charge in [0.1, 0.15) is 11.7 Å². The molecule has 4 aliphatic rings. The van der Waals surface area contributed by atoms with Crippen molar-refractivity contribution in [3.05, 3.63) is 65.5 Å². The third kappa shape index (κ3) is 3.88. The van der Waals surface area contributed by atoms with Crippen molar-refractivity contribution >= 4 is 34.3 Å². The van der Waals surface area contributed by atoms with Gasteiger partial charge in [-0.25, -0.2) is 13.9 Å². The van der Waals surface area contributed by atoms with E-state index < -0.39 is 11.4 Å². The second-order valence-corrected chi connectivity index (χ2v) is 11.3. The summed E-state index contributed by atoms with van der Waals surface area (Å²) in [7, 11) is 0. The number of aromatic nitrogens is 4. The van der Waals surface area contributed by atoms with Crippen molar-refractivity contribution in [1.29, 1.82) is 0 Å². The lowest BCUT2D eigenvalue weighted by Crippen LogP contribution is -2.59. The highest BCUT2D eigenvalue weighted by atomic mass is 35.5. The molecule has 0 saturated heterocycles. The molecule has 2 atom stereocenters. The Kier molecular flexibility index (Phi) is 5.10. The van der Waals surface area contributed by atoms with E-state index in [0.717, 1.165) is 54.4 Å². The molecule has 37 heavy (non-hydrogen) atoms. The fraction of sp³-hybridized carbons (Fsp3) is 0.370. The number of nitrogens with zero attached hydrogens (tertiary/aromatic N) is 4. The summed E-state index contributed by atoms with van der Waals surface area (Å²) in [5.41, 5.74) is 10.5. The lowest BCUT2D eigenvalue weighted by atomic mass is 9.52. The monoisotopic (exact) mass is 519 g/mol. The van der Waals surface area contributed by atoms with E-state index in [-0.39, 0.29) is 17.6 Å². The molecular weight excluding hydrogens is 493 g/mol. The Morgan fingerprint density at radius 3 is 2.73 bits per heavy atom. The number of fused-ring (bicyclic) bond motifs is 1. The maximum absolute atomic E-state index is 13.9. The second-order valence-electron chi connectivity index (χ2n) is 10.9. The Morgan fingerprint density at radius 1 is 1.19 bits per heavy atom. The SMILES string of the molecule is NC(=Nc1cc(F)ccc1Cl)c1cnn2cc(-c3cn[nH]c3)cc2c1NC1C2CC3CC1CC(O)(C3)C2. The summed E-state index contributed by atoms with van der Waals surface area (Å²) in [5.74, 6) is 1.12. The van der Waals surface area contributed by atoms with Gasteiger partial charge in [-0.3, -0.25) is 5.10 Å². The van der Waals surface area contributed by atoms with Gasteiger partial charge < -0.3 is 16.2 Å². The molecule has 5 N–H and O–H groups in total. The van der Waals surface area contributed by atoms with Crippen LogP contribution in [0.4, 0.5) is 15.8 Å². The first-order valence-electron chi connectivity index (χ1n) is 12.6. The van der Waals surface area contributed by atoms with Crippen molar-refractivity contribution in [2.24, 2.45) is 28.5 Å². The standard InChI is InChI=1S/C27H27ClFN7O/c28-21-2-1-19(29)6-22(21)34-26(30)20-12-33-36-13-17(18-10-31-32-11-18)5-23(36)25(20)35-24-15-3-14-4-16(24)9-27(37,7-14)8-15/h1-2,5-6,10-16,24,35,37H,3-4,7-9H2,(H2,30,34)(H,31,32). The van der Waals surface area contributed by atoms with Crippen LogP contribution < -0.4 is 11.1 Å². The molecule has 0 amide bonds. The van der Waals surface area contributed by atoms with Gasteiger partial charge in [0.25, 0.3) is 0 Å². The lowest BCUT2D eigenvalue weighted by molar-refractivity contribution is -0.129. The average molecular weight is 520 g/mol. The zero-order valence-electron chi connectivity index (χ0n) is 20.0. The van der Waals surface area contributed by atoms with Crippen LogP contribution in [0, 0.1) is 23.6 Å². The Hall–Kier alpha value is -3.43.